The van der Waals surface area contributed by atoms with Crippen LogP contribution in [0.15, 0.2) is 48.5 Å². The van der Waals surface area contributed by atoms with Gasteiger partial charge in [-0.3, -0.25) is 0 Å². The predicted molar refractivity (Wildman–Crippen MR) is 84.3 cm³/mol. The van der Waals surface area contributed by atoms with Gasteiger partial charge < -0.3 is 10.1 Å². The van der Waals surface area contributed by atoms with E-state index >= 15 is 0 Å². The van der Waals surface area contributed by atoms with Crippen molar-refractivity contribution in [2.24, 2.45) is 0 Å². The standard InChI is InChI=1S/C17H20ClNO/c1-3-16(13-8-10-15(18)11-9-13)19-12-14-6-4-5-7-17(14)20-2/h4-11,16,19H,3,12H2,1-2H3. The van der Waals surface area contributed by atoms with Crippen LogP contribution < -0.4 is 10.1 Å². The number of nitrogens with one attached hydrogen (secondary N) is 1. The Morgan fingerprint density at radius 2 is 1.80 bits per heavy atom. The molecule has 0 saturated carbocycles. The Morgan fingerprint density at radius 1 is 1.10 bits per heavy atom. The summed E-state index contributed by atoms with van der Waals surface area (Å²) < 4.78 is 5.38. The van der Waals surface area contributed by atoms with E-state index in [4.69, 9.17) is 16.3 Å². The molecule has 0 fully saturated rings. The Balaban J connectivity index is 2.05. The second-order valence-electron chi connectivity index (χ2n) is 4.71. The normalized spacial score (nSPS) is 12.2. The van der Waals surface area contributed by atoms with Crippen molar-refractivity contribution in [3.8, 4) is 5.75 Å². The van der Waals surface area contributed by atoms with Gasteiger partial charge in [0, 0.05) is 23.2 Å². The zero-order chi connectivity index (χ0) is 14.4. The topological polar surface area (TPSA) is 21.3 Å². The third-order valence-corrected chi connectivity index (χ3v) is 3.66. The molecular formula is C17H20ClNO. The highest BCUT2D eigenvalue weighted by atomic mass is 35.5. The van der Waals surface area contributed by atoms with Crippen molar-refractivity contribution in [3.05, 3.63) is 64.7 Å². The lowest BCUT2D eigenvalue weighted by Crippen LogP contribution is -2.20. The lowest BCUT2D eigenvalue weighted by Gasteiger charge is -2.18. The van der Waals surface area contributed by atoms with Crippen LogP contribution in [-0.2, 0) is 6.54 Å². The van der Waals surface area contributed by atoms with Gasteiger partial charge in [-0.05, 0) is 30.2 Å². The Morgan fingerprint density at radius 3 is 2.45 bits per heavy atom. The minimum atomic E-state index is 0.317. The fourth-order valence-electron chi connectivity index (χ4n) is 2.28. The van der Waals surface area contributed by atoms with Crippen molar-refractivity contribution in [2.75, 3.05) is 7.11 Å². The number of halogens is 1. The second kappa shape index (κ2) is 7.32. The SMILES string of the molecule is CCC(NCc1ccccc1OC)c1ccc(Cl)cc1. The van der Waals surface area contributed by atoms with E-state index in [9.17, 15) is 0 Å². The number of hydrogen-bond acceptors (Lipinski definition) is 2. The van der Waals surface area contributed by atoms with Gasteiger partial charge in [-0.15, -0.1) is 0 Å². The summed E-state index contributed by atoms with van der Waals surface area (Å²) in [6.07, 6.45) is 1.02. The van der Waals surface area contributed by atoms with Gasteiger partial charge in [0.15, 0.2) is 0 Å². The Kier molecular flexibility index (Phi) is 5.45. The summed E-state index contributed by atoms with van der Waals surface area (Å²) in [5, 5.41) is 4.34. The van der Waals surface area contributed by atoms with Gasteiger partial charge in [-0.1, -0.05) is 48.9 Å². The molecule has 0 amide bonds. The maximum absolute atomic E-state index is 5.94. The molecule has 1 unspecified atom stereocenters. The fourth-order valence-corrected chi connectivity index (χ4v) is 2.40. The van der Waals surface area contributed by atoms with Crippen molar-refractivity contribution < 1.29 is 4.74 Å². The third kappa shape index (κ3) is 3.75. The first kappa shape index (κ1) is 14.9. The van der Waals surface area contributed by atoms with Crippen molar-refractivity contribution in [1.82, 2.24) is 5.32 Å². The monoisotopic (exact) mass is 289 g/mol. The maximum Gasteiger partial charge on any atom is 0.123 e. The van der Waals surface area contributed by atoms with Gasteiger partial charge in [0.2, 0.25) is 0 Å². The first-order valence-corrected chi connectivity index (χ1v) is 7.23. The van der Waals surface area contributed by atoms with E-state index in [0.29, 0.717) is 6.04 Å². The molecule has 1 N–H and O–H groups in total. The van der Waals surface area contributed by atoms with Crippen LogP contribution in [0.4, 0.5) is 0 Å². The summed E-state index contributed by atoms with van der Waals surface area (Å²) in [4.78, 5) is 0. The number of methoxy groups -OCH3 is 1. The van der Waals surface area contributed by atoms with Crippen molar-refractivity contribution in [2.45, 2.75) is 25.9 Å². The van der Waals surface area contributed by atoms with Gasteiger partial charge in [0.25, 0.3) is 0 Å². The number of ether oxygens (including phenoxy) is 1. The van der Waals surface area contributed by atoms with E-state index in [0.717, 1.165) is 23.7 Å². The third-order valence-electron chi connectivity index (χ3n) is 3.41. The minimum absolute atomic E-state index is 0.317. The van der Waals surface area contributed by atoms with Crippen LogP contribution in [0.1, 0.15) is 30.5 Å². The van der Waals surface area contributed by atoms with Crippen molar-refractivity contribution in [1.29, 1.82) is 0 Å². The lowest BCUT2D eigenvalue weighted by molar-refractivity contribution is 0.404. The molecule has 106 valence electrons. The summed E-state index contributed by atoms with van der Waals surface area (Å²) in [5.74, 6) is 0.922. The number of hydrogen-bond donors (Lipinski definition) is 1. The quantitative estimate of drug-likeness (QED) is 0.840. The Hall–Kier alpha value is -1.51. The number of rotatable bonds is 6. The molecule has 0 aliphatic heterocycles. The summed E-state index contributed by atoms with van der Waals surface area (Å²) in [6, 6.07) is 16.4. The smallest absolute Gasteiger partial charge is 0.123 e. The molecule has 2 rings (SSSR count). The second-order valence-corrected chi connectivity index (χ2v) is 5.14. The van der Waals surface area contributed by atoms with Crippen LogP contribution in [0.2, 0.25) is 5.02 Å². The van der Waals surface area contributed by atoms with Crippen LogP contribution in [0, 0.1) is 0 Å². The van der Waals surface area contributed by atoms with Gasteiger partial charge in [-0.2, -0.15) is 0 Å². The molecule has 2 aromatic rings. The van der Waals surface area contributed by atoms with E-state index < -0.39 is 0 Å². The van der Waals surface area contributed by atoms with E-state index in [1.165, 1.54) is 11.1 Å². The summed E-state index contributed by atoms with van der Waals surface area (Å²) in [7, 11) is 1.70. The molecule has 0 radical (unpaired) electrons. The molecule has 2 nitrogen and oxygen atoms in total. The fraction of sp³-hybridized carbons (Fsp3) is 0.294. The summed E-state index contributed by atoms with van der Waals surface area (Å²) in [6.45, 7) is 2.96. The van der Waals surface area contributed by atoms with E-state index in [-0.39, 0.29) is 0 Å². The zero-order valence-electron chi connectivity index (χ0n) is 11.9. The predicted octanol–water partition coefficient (Wildman–Crippen LogP) is 4.59. The molecule has 2 aromatic carbocycles. The first-order chi connectivity index (χ1) is 9.74. The van der Waals surface area contributed by atoms with Gasteiger partial charge in [0.1, 0.15) is 5.75 Å². The van der Waals surface area contributed by atoms with Crippen LogP contribution >= 0.6 is 11.6 Å². The van der Waals surface area contributed by atoms with Crippen molar-refractivity contribution in [3.63, 3.8) is 0 Å². The highest BCUT2D eigenvalue weighted by Gasteiger charge is 2.10. The van der Waals surface area contributed by atoms with Crippen molar-refractivity contribution >= 4 is 11.6 Å². The molecule has 0 heterocycles. The molecule has 20 heavy (non-hydrogen) atoms. The minimum Gasteiger partial charge on any atom is -0.496 e. The average molecular weight is 290 g/mol. The maximum atomic E-state index is 5.94. The van der Waals surface area contributed by atoms with Gasteiger partial charge in [0.05, 0.1) is 7.11 Å². The molecule has 0 bridgehead atoms. The summed E-state index contributed by atoms with van der Waals surface area (Å²) in [5.41, 5.74) is 2.43. The van der Waals surface area contributed by atoms with E-state index in [1.54, 1.807) is 7.11 Å². The molecule has 0 saturated heterocycles. The van der Waals surface area contributed by atoms with Gasteiger partial charge in [-0.25, -0.2) is 0 Å². The lowest BCUT2D eigenvalue weighted by atomic mass is 10.0. The van der Waals surface area contributed by atoms with Crippen LogP contribution in [0.25, 0.3) is 0 Å². The van der Waals surface area contributed by atoms with Crippen LogP contribution in [-0.4, -0.2) is 7.11 Å². The van der Waals surface area contributed by atoms with E-state index in [1.807, 2.05) is 30.3 Å². The highest BCUT2D eigenvalue weighted by Crippen LogP contribution is 2.22. The largest absolute Gasteiger partial charge is 0.496 e. The van der Waals surface area contributed by atoms with Crippen LogP contribution in [0.3, 0.4) is 0 Å². The molecular weight excluding hydrogens is 270 g/mol. The summed E-state index contributed by atoms with van der Waals surface area (Å²) >= 11 is 5.94. The number of para-hydroxylation sites is 1. The zero-order valence-corrected chi connectivity index (χ0v) is 12.7. The Labute approximate surface area is 125 Å². The Bertz CT molecular complexity index is 539. The molecule has 0 aromatic heterocycles. The molecule has 1 atom stereocenters. The van der Waals surface area contributed by atoms with Gasteiger partial charge >= 0.3 is 0 Å². The van der Waals surface area contributed by atoms with Crippen LogP contribution in [0.5, 0.6) is 5.75 Å². The molecule has 0 spiro atoms. The molecule has 0 aliphatic carbocycles. The first-order valence-electron chi connectivity index (χ1n) is 6.85. The number of benzene rings is 2. The van der Waals surface area contributed by atoms with E-state index in [2.05, 4.69) is 30.4 Å². The molecule has 3 heteroatoms. The average Bonchev–Trinajstić information content (AvgIpc) is 2.50. The molecule has 0 aliphatic rings. The highest BCUT2D eigenvalue weighted by molar-refractivity contribution is 6.30.